The van der Waals surface area contributed by atoms with E-state index in [1.54, 1.807) is 21.1 Å². The summed E-state index contributed by atoms with van der Waals surface area (Å²) in [5.41, 5.74) is 0.981. The van der Waals surface area contributed by atoms with E-state index in [1.807, 2.05) is 54.3 Å². The predicted octanol–water partition coefficient (Wildman–Crippen LogP) is 3.47. The molecule has 170 valence electrons. The van der Waals surface area contributed by atoms with E-state index in [0.717, 1.165) is 16.9 Å². The molecule has 2 aromatic rings. The fraction of sp³-hybridized carbons (Fsp3) is 0.417. The standard InChI is InChI=1S/C24H28N2O5S/c1-5-30-22(27)20-21-16-8-6-7-9-17(16)31-24(20,2)26(23(32)25-21)13-12-15-10-11-18(28-3)19(14-15)29-4/h6-11,14,20-21H,5,12-13H2,1-4H3,(H,25,32)/t20-,21+,24+/m1/s1. The Labute approximate surface area is 193 Å². The van der Waals surface area contributed by atoms with Crippen molar-refractivity contribution in [1.82, 2.24) is 10.2 Å². The van der Waals surface area contributed by atoms with Crippen molar-refractivity contribution in [3.05, 3.63) is 53.6 Å². The molecule has 2 aliphatic heterocycles. The number of esters is 1. The first kappa shape index (κ1) is 22.2. The van der Waals surface area contributed by atoms with Crippen LogP contribution in [0.5, 0.6) is 17.2 Å². The average molecular weight is 457 g/mol. The van der Waals surface area contributed by atoms with E-state index in [4.69, 9.17) is 31.2 Å². The number of fused-ring (bicyclic) bond motifs is 4. The van der Waals surface area contributed by atoms with Gasteiger partial charge in [0.05, 0.1) is 26.9 Å². The molecule has 0 aliphatic carbocycles. The van der Waals surface area contributed by atoms with Crippen molar-refractivity contribution in [2.24, 2.45) is 5.92 Å². The van der Waals surface area contributed by atoms with Crippen molar-refractivity contribution in [2.75, 3.05) is 27.4 Å². The molecule has 0 aromatic heterocycles. The van der Waals surface area contributed by atoms with E-state index in [1.165, 1.54) is 0 Å². The molecule has 2 bridgehead atoms. The third-order valence-corrected chi connectivity index (χ3v) is 6.49. The van der Waals surface area contributed by atoms with Gasteiger partial charge < -0.3 is 29.2 Å². The normalized spacial score (nSPS) is 23.5. The van der Waals surface area contributed by atoms with E-state index >= 15 is 0 Å². The van der Waals surface area contributed by atoms with Crippen LogP contribution in [0.25, 0.3) is 0 Å². The lowest BCUT2D eigenvalue weighted by Gasteiger charge is -2.55. The summed E-state index contributed by atoms with van der Waals surface area (Å²) in [6.45, 7) is 4.57. The molecule has 1 saturated heterocycles. The van der Waals surface area contributed by atoms with Crippen molar-refractivity contribution in [2.45, 2.75) is 32.0 Å². The smallest absolute Gasteiger partial charge is 0.317 e. The fourth-order valence-corrected chi connectivity index (χ4v) is 4.99. The molecule has 0 unspecified atom stereocenters. The van der Waals surface area contributed by atoms with E-state index in [9.17, 15) is 4.79 Å². The van der Waals surface area contributed by atoms with Crippen LogP contribution in [-0.4, -0.2) is 49.1 Å². The van der Waals surface area contributed by atoms with E-state index < -0.39 is 11.6 Å². The maximum atomic E-state index is 13.1. The summed E-state index contributed by atoms with van der Waals surface area (Å²) in [4.78, 5) is 15.0. The van der Waals surface area contributed by atoms with Crippen LogP contribution in [0.15, 0.2) is 42.5 Å². The molecular weight excluding hydrogens is 428 g/mol. The van der Waals surface area contributed by atoms with Crippen LogP contribution in [0.1, 0.15) is 31.0 Å². The number of hydrogen-bond donors (Lipinski definition) is 1. The lowest BCUT2D eigenvalue weighted by Crippen LogP contribution is -2.71. The number of carbonyl (C=O) groups is 1. The Morgan fingerprint density at radius 2 is 1.94 bits per heavy atom. The Bertz CT molecular complexity index is 1030. The zero-order chi connectivity index (χ0) is 22.9. The second kappa shape index (κ2) is 8.86. The Balaban J connectivity index is 1.66. The Kier molecular flexibility index (Phi) is 6.15. The number of carbonyl (C=O) groups excluding carboxylic acids is 1. The Morgan fingerprint density at radius 1 is 1.19 bits per heavy atom. The van der Waals surface area contributed by atoms with Gasteiger partial charge >= 0.3 is 5.97 Å². The van der Waals surface area contributed by atoms with Gasteiger partial charge in [-0.25, -0.2) is 0 Å². The highest BCUT2D eigenvalue weighted by Crippen LogP contribution is 2.48. The lowest BCUT2D eigenvalue weighted by atomic mass is 9.79. The quantitative estimate of drug-likeness (QED) is 0.502. The molecule has 0 amide bonds. The number of hydrogen-bond acceptors (Lipinski definition) is 6. The third kappa shape index (κ3) is 3.72. The number of para-hydroxylation sites is 1. The van der Waals surface area contributed by atoms with Crippen LogP contribution in [0, 0.1) is 5.92 Å². The van der Waals surface area contributed by atoms with Crippen LogP contribution < -0.4 is 19.5 Å². The molecule has 3 atom stereocenters. The second-order valence-corrected chi connectivity index (χ2v) is 8.33. The minimum absolute atomic E-state index is 0.301. The van der Waals surface area contributed by atoms with Gasteiger partial charge in [0, 0.05) is 12.1 Å². The zero-order valence-corrected chi connectivity index (χ0v) is 19.5. The number of rotatable bonds is 7. The second-order valence-electron chi connectivity index (χ2n) is 7.94. The SMILES string of the molecule is CCOC(=O)[C@H]1[C@H]2NC(=S)N(CCc3ccc(OC)c(OC)c3)[C@@]1(C)Oc1ccccc12. The van der Waals surface area contributed by atoms with Gasteiger partial charge in [-0.05, 0) is 56.2 Å². The highest BCUT2D eigenvalue weighted by atomic mass is 32.1. The first-order valence-electron chi connectivity index (χ1n) is 10.7. The summed E-state index contributed by atoms with van der Waals surface area (Å²) >= 11 is 5.73. The predicted molar refractivity (Wildman–Crippen MR) is 124 cm³/mol. The largest absolute Gasteiger partial charge is 0.493 e. The highest BCUT2D eigenvalue weighted by Gasteiger charge is 2.59. The highest BCUT2D eigenvalue weighted by molar-refractivity contribution is 7.80. The Hall–Kier alpha value is -3.00. The summed E-state index contributed by atoms with van der Waals surface area (Å²) in [6.07, 6.45) is 0.670. The summed E-state index contributed by atoms with van der Waals surface area (Å²) in [7, 11) is 3.23. The number of methoxy groups -OCH3 is 2. The van der Waals surface area contributed by atoms with Crippen molar-refractivity contribution in [3.63, 3.8) is 0 Å². The molecule has 8 heteroatoms. The average Bonchev–Trinajstić information content (AvgIpc) is 2.78. The summed E-state index contributed by atoms with van der Waals surface area (Å²) in [6, 6.07) is 13.3. The minimum atomic E-state index is -0.982. The molecule has 1 fully saturated rings. The summed E-state index contributed by atoms with van der Waals surface area (Å²) in [5, 5.41) is 3.93. The first-order chi connectivity index (χ1) is 15.4. The minimum Gasteiger partial charge on any atom is -0.493 e. The number of nitrogens with zero attached hydrogens (tertiary/aromatic N) is 1. The number of thiocarbonyl (C=S) groups is 1. The lowest BCUT2D eigenvalue weighted by molar-refractivity contribution is -0.175. The van der Waals surface area contributed by atoms with Crippen molar-refractivity contribution in [1.29, 1.82) is 0 Å². The van der Waals surface area contributed by atoms with Crippen molar-refractivity contribution >= 4 is 23.3 Å². The maximum Gasteiger partial charge on any atom is 0.317 e. The topological polar surface area (TPSA) is 69.3 Å². The fourth-order valence-electron chi connectivity index (χ4n) is 4.59. The molecule has 0 saturated carbocycles. The van der Waals surface area contributed by atoms with Gasteiger partial charge in [0.25, 0.3) is 0 Å². The van der Waals surface area contributed by atoms with Crippen LogP contribution in [-0.2, 0) is 16.0 Å². The maximum absolute atomic E-state index is 13.1. The number of nitrogens with one attached hydrogen (secondary N) is 1. The molecule has 4 rings (SSSR count). The van der Waals surface area contributed by atoms with Gasteiger partial charge in [-0.1, -0.05) is 24.3 Å². The van der Waals surface area contributed by atoms with Gasteiger partial charge in [0.2, 0.25) is 0 Å². The van der Waals surface area contributed by atoms with E-state index in [2.05, 4.69) is 5.32 Å². The van der Waals surface area contributed by atoms with E-state index in [0.29, 0.717) is 36.2 Å². The van der Waals surface area contributed by atoms with Gasteiger partial charge in [-0.2, -0.15) is 0 Å². The van der Waals surface area contributed by atoms with Crippen LogP contribution >= 0.6 is 12.2 Å². The summed E-state index contributed by atoms with van der Waals surface area (Å²) in [5.74, 6) is 1.21. The molecular formula is C24H28N2O5S. The third-order valence-electron chi connectivity index (χ3n) is 6.15. The van der Waals surface area contributed by atoms with Crippen LogP contribution in [0.4, 0.5) is 0 Å². The van der Waals surface area contributed by atoms with Crippen LogP contribution in [0.3, 0.4) is 0 Å². The molecule has 2 aliphatic rings. The van der Waals surface area contributed by atoms with Crippen molar-refractivity contribution < 1.29 is 23.7 Å². The van der Waals surface area contributed by atoms with E-state index in [-0.39, 0.29) is 12.0 Å². The Morgan fingerprint density at radius 3 is 2.66 bits per heavy atom. The first-order valence-corrected chi connectivity index (χ1v) is 11.1. The molecule has 0 radical (unpaired) electrons. The zero-order valence-electron chi connectivity index (χ0n) is 18.7. The molecule has 0 spiro atoms. The molecule has 2 aromatic carbocycles. The summed E-state index contributed by atoms with van der Waals surface area (Å²) < 4.78 is 22.7. The monoisotopic (exact) mass is 456 g/mol. The molecule has 32 heavy (non-hydrogen) atoms. The molecule has 1 N–H and O–H groups in total. The number of ether oxygens (including phenoxy) is 4. The van der Waals surface area contributed by atoms with Crippen molar-refractivity contribution in [3.8, 4) is 17.2 Å². The van der Waals surface area contributed by atoms with Gasteiger partial charge in [0.15, 0.2) is 22.3 Å². The van der Waals surface area contributed by atoms with Gasteiger partial charge in [-0.3, -0.25) is 4.79 Å². The van der Waals surface area contributed by atoms with Gasteiger partial charge in [-0.15, -0.1) is 0 Å². The molecule has 7 nitrogen and oxygen atoms in total. The van der Waals surface area contributed by atoms with Crippen LogP contribution in [0.2, 0.25) is 0 Å². The molecule has 2 heterocycles. The van der Waals surface area contributed by atoms with Gasteiger partial charge in [0.1, 0.15) is 11.7 Å². The number of benzene rings is 2.